The first-order chi connectivity index (χ1) is 8.89. The average molecular weight is 272 g/mol. The largest absolute Gasteiger partial charge is 0.480 e. The van der Waals surface area contributed by atoms with Crippen molar-refractivity contribution in [3.63, 3.8) is 0 Å². The Balaban J connectivity index is 2.46. The fourth-order valence-corrected chi connectivity index (χ4v) is 2.58. The van der Waals surface area contributed by atoms with Crippen LogP contribution in [0.3, 0.4) is 0 Å². The molecule has 1 rings (SSSR count). The number of hydrogen-bond donors (Lipinski definition) is 2. The molecule has 5 nitrogen and oxygen atoms in total. The van der Waals surface area contributed by atoms with E-state index in [0.29, 0.717) is 12.3 Å². The van der Waals surface area contributed by atoms with E-state index in [4.69, 9.17) is 4.74 Å². The van der Waals surface area contributed by atoms with Gasteiger partial charge in [0.1, 0.15) is 5.54 Å². The minimum atomic E-state index is -0.864. The molecular formula is C14H28N2O3. The number of aliphatic carboxylic acids is 1. The monoisotopic (exact) mass is 272 g/mol. The Labute approximate surface area is 116 Å². The lowest BCUT2D eigenvalue weighted by Gasteiger charge is -2.35. The van der Waals surface area contributed by atoms with Crippen LogP contribution in [0.4, 0.5) is 0 Å². The van der Waals surface area contributed by atoms with E-state index in [9.17, 15) is 9.90 Å². The summed E-state index contributed by atoms with van der Waals surface area (Å²) < 4.78 is 5.49. The van der Waals surface area contributed by atoms with Crippen molar-refractivity contribution in [1.82, 2.24) is 10.2 Å². The number of nitrogens with zero attached hydrogens (tertiary/aromatic N) is 1. The van der Waals surface area contributed by atoms with Crippen LogP contribution >= 0.6 is 0 Å². The van der Waals surface area contributed by atoms with Gasteiger partial charge in [-0.25, -0.2) is 0 Å². The summed E-state index contributed by atoms with van der Waals surface area (Å²) >= 11 is 0. The molecular weight excluding hydrogens is 244 g/mol. The molecule has 0 radical (unpaired) electrons. The van der Waals surface area contributed by atoms with Gasteiger partial charge in [0.25, 0.3) is 0 Å². The van der Waals surface area contributed by atoms with Crippen molar-refractivity contribution >= 4 is 5.97 Å². The van der Waals surface area contributed by atoms with Crippen LogP contribution in [0.5, 0.6) is 0 Å². The van der Waals surface area contributed by atoms with Gasteiger partial charge >= 0.3 is 5.97 Å². The molecule has 1 saturated heterocycles. The van der Waals surface area contributed by atoms with E-state index in [1.807, 2.05) is 0 Å². The minimum absolute atomic E-state index is 0.218. The Kier molecular flexibility index (Phi) is 6.23. The van der Waals surface area contributed by atoms with Crippen molar-refractivity contribution in [3.8, 4) is 0 Å². The lowest BCUT2D eigenvalue weighted by molar-refractivity contribution is -0.144. The molecule has 0 saturated carbocycles. The number of carboxylic acid groups (broad SMARTS) is 1. The van der Waals surface area contributed by atoms with Gasteiger partial charge in [-0.15, -0.1) is 0 Å². The topological polar surface area (TPSA) is 61.8 Å². The van der Waals surface area contributed by atoms with Crippen molar-refractivity contribution in [1.29, 1.82) is 0 Å². The molecule has 0 spiro atoms. The third-order valence-electron chi connectivity index (χ3n) is 4.28. The molecule has 3 unspecified atom stereocenters. The summed E-state index contributed by atoms with van der Waals surface area (Å²) in [6.07, 6.45) is 2.93. The SMILES string of the molecule is CNC(C)(CC(C)N(C)CC1CCCOC1)C(=O)O. The Morgan fingerprint density at radius 3 is 2.79 bits per heavy atom. The summed E-state index contributed by atoms with van der Waals surface area (Å²) in [6, 6.07) is 0.218. The third-order valence-corrected chi connectivity index (χ3v) is 4.28. The van der Waals surface area contributed by atoms with Crippen LogP contribution in [0.25, 0.3) is 0 Å². The summed E-state index contributed by atoms with van der Waals surface area (Å²) in [5.74, 6) is -0.219. The van der Waals surface area contributed by atoms with Crippen LogP contribution in [0.1, 0.15) is 33.1 Å². The number of rotatable bonds is 7. The minimum Gasteiger partial charge on any atom is -0.480 e. The first kappa shape index (κ1) is 16.4. The Hall–Kier alpha value is -0.650. The normalized spacial score (nSPS) is 25.0. The Bertz CT molecular complexity index is 292. The lowest BCUT2D eigenvalue weighted by atomic mass is 9.92. The zero-order valence-corrected chi connectivity index (χ0v) is 12.6. The van der Waals surface area contributed by atoms with E-state index in [-0.39, 0.29) is 6.04 Å². The van der Waals surface area contributed by atoms with Crippen molar-refractivity contribution < 1.29 is 14.6 Å². The molecule has 0 aromatic heterocycles. The van der Waals surface area contributed by atoms with Crippen molar-refractivity contribution in [2.24, 2.45) is 5.92 Å². The second kappa shape index (κ2) is 7.22. The molecule has 0 aromatic rings. The molecule has 112 valence electrons. The van der Waals surface area contributed by atoms with Gasteiger partial charge in [-0.1, -0.05) is 0 Å². The summed E-state index contributed by atoms with van der Waals surface area (Å²) in [7, 11) is 3.77. The number of nitrogens with one attached hydrogen (secondary N) is 1. The van der Waals surface area contributed by atoms with Crippen molar-refractivity contribution in [3.05, 3.63) is 0 Å². The van der Waals surface area contributed by atoms with E-state index in [0.717, 1.165) is 26.2 Å². The fourth-order valence-electron chi connectivity index (χ4n) is 2.58. The fraction of sp³-hybridized carbons (Fsp3) is 0.929. The molecule has 1 aliphatic rings. The van der Waals surface area contributed by atoms with E-state index < -0.39 is 11.5 Å². The highest BCUT2D eigenvalue weighted by atomic mass is 16.5. The highest BCUT2D eigenvalue weighted by Gasteiger charge is 2.34. The number of likely N-dealkylation sites (N-methyl/N-ethyl adjacent to an activating group) is 1. The molecule has 1 heterocycles. The maximum absolute atomic E-state index is 11.3. The molecule has 5 heteroatoms. The number of carboxylic acids is 1. The zero-order valence-electron chi connectivity index (χ0n) is 12.6. The molecule has 3 atom stereocenters. The van der Waals surface area contributed by atoms with Crippen molar-refractivity contribution in [2.45, 2.75) is 44.7 Å². The summed E-state index contributed by atoms with van der Waals surface area (Å²) in [5.41, 5.74) is -0.864. The maximum Gasteiger partial charge on any atom is 0.323 e. The summed E-state index contributed by atoms with van der Waals surface area (Å²) in [4.78, 5) is 13.5. The van der Waals surface area contributed by atoms with Crippen LogP contribution in [0.15, 0.2) is 0 Å². The van der Waals surface area contributed by atoms with Gasteiger partial charge in [0.15, 0.2) is 0 Å². The Morgan fingerprint density at radius 2 is 2.32 bits per heavy atom. The molecule has 1 aliphatic heterocycles. The van der Waals surface area contributed by atoms with Gasteiger partial charge in [-0.2, -0.15) is 0 Å². The van der Waals surface area contributed by atoms with Gasteiger partial charge in [-0.3, -0.25) is 4.79 Å². The highest BCUT2D eigenvalue weighted by Crippen LogP contribution is 2.19. The standard InChI is InChI=1S/C14H28N2O3/c1-11(8-14(2,15-3)13(17)18)16(4)9-12-6-5-7-19-10-12/h11-12,15H,5-10H2,1-4H3,(H,17,18). The van der Waals surface area contributed by atoms with Gasteiger partial charge < -0.3 is 20.1 Å². The van der Waals surface area contributed by atoms with E-state index in [1.165, 1.54) is 6.42 Å². The molecule has 0 aromatic carbocycles. The molecule has 0 bridgehead atoms. The number of ether oxygens (including phenoxy) is 1. The van der Waals surface area contributed by atoms with Crippen molar-refractivity contribution in [2.75, 3.05) is 33.9 Å². The van der Waals surface area contributed by atoms with Gasteiger partial charge in [0.05, 0.1) is 6.61 Å². The van der Waals surface area contributed by atoms with Crippen LogP contribution in [-0.4, -0.2) is 61.4 Å². The first-order valence-corrected chi connectivity index (χ1v) is 7.09. The number of carbonyl (C=O) groups is 1. The molecule has 19 heavy (non-hydrogen) atoms. The van der Waals surface area contributed by atoms with Gasteiger partial charge in [0.2, 0.25) is 0 Å². The molecule has 0 aliphatic carbocycles. The van der Waals surface area contributed by atoms with Gasteiger partial charge in [-0.05, 0) is 53.1 Å². The van der Waals surface area contributed by atoms with Crippen LogP contribution in [0.2, 0.25) is 0 Å². The molecule has 2 N–H and O–H groups in total. The average Bonchev–Trinajstić information content (AvgIpc) is 2.39. The second-order valence-electron chi connectivity index (χ2n) is 5.96. The first-order valence-electron chi connectivity index (χ1n) is 7.09. The summed E-state index contributed by atoms with van der Waals surface area (Å²) in [6.45, 7) is 6.51. The van der Waals surface area contributed by atoms with Gasteiger partial charge in [0, 0.05) is 19.2 Å². The van der Waals surface area contributed by atoms with E-state index in [2.05, 4.69) is 24.2 Å². The number of hydrogen-bond acceptors (Lipinski definition) is 4. The maximum atomic E-state index is 11.3. The second-order valence-corrected chi connectivity index (χ2v) is 5.96. The molecule has 1 fully saturated rings. The lowest BCUT2D eigenvalue weighted by Crippen LogP contribution is -2.52. The molecule has 0 amide bonds. The van der Waals surface area contributed by atoms with Crippen LogP contribution in [-0.2, 0) is 9.53 Å². The third kappa shape index (κ3) is 4.75. The predicted octanol–water partition coefficient (Wildman–Crippen LogP) is 1.19. The Morgan fingerprint density at radius 1 is 1.63 bits per heavy atom. The van der Waals surface area contributed by atoms with Crippen LogP contribution in [0, 0.1) is 5.92 Å². The quantitative estimate of drug-likeness (QED) is 0.729. The predicted molar refractivity (Wildman–Crippen MR) is 75.4 cm³/mol. The highest BCUT2D eigenvalue weighted by molar-refractivity contribution is 5.78. The summed E-state index contributed by atoms with van der Waals surface area (Å²) in [5, 5.41) is 12.2. The van der Waals surface area contributed by atoms with Crippen LogP contribution < -0.4 is 5.32 Å². The zero-order chi connectivity index (χ0) is 14.5. The van der Waals surface area contributed by atoms with E-state index in [1.54, 1.807) is 14.0 Å². The van der Waals surface area contributed by atoms with E-state index >= 15 is 0 Å². The smallest absolute Gasteiger partial charge is 0.323 e.